The van der Waals surface area contributed by atoms with Crippen LogP contribution in [0.15, 0.2) is 6.07 Å². The zero-order valence-corrected chi connectivity index (χ0v) is 10.5. The molecule has 1 heterocycles. The molecule has 1 fully saturated rings. The van der Waals surface area contributed by atoms with Crippen molar-refractivity contribution in [2.75, 3.05) is 32.6 Å². The summed E-state index contributed by atoms with van der Waals surface area (Å²) in [6.07, 6.45) is 2.42. The average Bonchev–Trinajstić information content (AvgIpc) is 3.15. The van der Waals surface area contributed by atoms with E-state index < -0.39 is 11.6 Å². The highest BCUT2D eigenvalue weighted by atomic mass is 19.1. The van der Waals surface area contributed by atoms with E-state index in [4.69, 9.17) is 4.74 Å². The molecule has 0 unspecified atom stereocenters. The molecule has 0 aromatic carbocycles. The number of ether oxygens (including phenoxy) is 1. The minimum atomic E-state index is -0.777. The Morgan fingerprint density at radius 3 is 2.78 bits per heavy atom. The van der Waals surface area contributed by atoms with Crippen molar-refractivity contribution in [2.24, 2.45) is 0 Å². The van der Waals surface area contributed by atoms with Gasteiger partial charge in [0.05, 0.1) is 0 Å². The van der Waals surface area contributed by atoms with Gasteiger partial charge in [0.2, 0.25) is 0 Å². The molecule has 0 bridgehead atoms. The standard InChI is InChI=1S/C12H17F2N3O/c1-15-11-9(13)7-10(14)12(16-11)18-6-5-17(2)8-3-4-8/h7-8H,3-6H2,1-2H3,(H,15,16). The van der Waals surface area contributed by atoms with Crippen molar-refractivity contribution in [3.8, 4) is 5.88 Å². The van der Waals surface area contributed by atoms with E-state index in [9.17, 15) is 8.78 Å². The van der Waals surface area contributed by atoms with Gasteiger partial charge in [0, 0.05) is 25.7 Å². The van der Waals surface area contributed by atoms with Crippen LogP contribution in [0.25, 0.3) is 0 Å². The zero-order chi connectivity index (χ0) is 13.1. The van der Waals surface area contributed by atoms with Crippen LogP contribution in [0.2, 0.25) is 0 Å². The van der Waals surface area contributed by atoms with E-state index in [1.807, 2.05) is 7.05 Å². The second-order valence-electron chi connectivity index (χ2n) is 4.42. The summed E-state index contributed by atoms with van der Waals surface area (Å²) in [7, 11) is 3.53. The molecular weight excluding hydrogens is 240 g/mol. The molecule has 0 spiro atoms. The number of aromatic nitrogens is 1. The highest BCUT2D eigenvalue weighted by molar-refractivity contribution is 5.38. The minimum Gasteiger partial charge on any atom is -0.474 e. The Morgan fingerprint density at radius 2 is 2.17 bits per heavy atom. The number of halogens is 2. The number of nitrogens with one attached hydrogen (secondary N) is 1. The monoisotopic (exact) mass is 257 g/mol. The van der Waals surface area contributed by atoms with E-state index in [1.165, 1.54) is 19.9 Å². The number of anilines is 1. The first-order chi connectivity index (χ1) is 8.61. The molecule has 0 saturated heterocycles. The Morgan fingerprint density at radius 1 is 1.44 bits per heavy atom. The van der Waals surface area contributed by atoms with E-state index >= 15 is 0 Å². The normalized spacial score (nSPS) is 14.9. The van der Waals surface area contributed by atoms with Crippen LogP contribution in [0.1, 0.15) is 12.8 Å². The highest BCUT2D eigenvalue weighted by Crippen LogP contribution is 2.25. The molecule has 0 aliphatic heterocycles. The first-order valence-corrected chi connectivity index (χ1v) is 5.98. The maximum atomic E-state index is 13.4. The number of hydrogen-bond donors (Lipinski definition) is 1. The van der Waals surface area contributed by atoms with Crippen LogP contribution in [-0.4, -0.2) is 43.2 Å². The van der Waals surface area contributed by atoms with Crippen LogP contribution in [0.3, 0.4) is 0 Å². The number of rotatable bonds is 6. The van der Waals surface area contributed by atoms with Crippen molar-refractivity contribution in [3.63, 3.8) is 0 Å². The SMILES string of the molecule is CNc1nc(OCCN(C)C2CC2)c(F)cc1F. The molecule has 2 rings (SSSR count). The highest BCUT2D eigenvalue weighted by Gasteiger charge is 2.25. The molecule has 1 saturated carbocycles. The summed E-state index contributed by atoms with van der Waals surface area (Å²) in [6, 6.07) is 1.41. The Hall–Kier alpha value is -1.43. The minimum absolute atomic E-state index is 0.0121. The van der Waals surface area contributed by atoms with Gasteiger partial charge in [0.25, 0.3) is 5.88 Å². The fourth-order valence-corrected chi connectivity index (χ4v) is 1.71. The van der Waals surface area contributed by atoms with Gasteiger partial charge in [-0.3, -0.25) is 0 Å². The summed E-state index contributed by atoms with van der Waals surface area (Å²) in [5.74, 6) is -1.68. The van der Waals surface area contributed by atoms with Gasteiger partial charge in [-0.1, -0.05) is 0 Å². The number of nitrogens with zero attached hydrogens (tertiary/aromatic N) is 2. The van der Waals surface area contributed by atoms with Crippen LogP contribution in [0, 0.1) is 11.6 Å². The summed E-state index contributed by atoms with van der Waals surface area (Å²) in [4.78, 5) is 5.91. The Kier molecular flexibility index (Phi) is 3.96. The van der Waals surface area contributed by atoms with Crippen LogP contribution in [-0.2, 0) is 0 Å². The molecule has 4 nitrogen and oxygen atoms in total. The van der Waals surface area contributed by atoms with Gasteiger partial charge in [-0.2, -0.15) is 4.98 Å². The van der Waals surface area contributed by atoms with Crippen molar-refractivity contribution in [1.82, 2.24) is 9.88 Å². The molecule has 0 radical (unpaired) electrons. The van der Waals surface area contributed by atoms with Gasteiger partial charge in [0.1, 0.15) is 6.61 Å². The maximum Gasteiger partial charge on any atom is 0.252 e. The van der Waals surface area contributed by atoms with Crippen molar-refractivity contribution in [1.29, 1.82) is 0 Å². The fourth-order valence-electron chi connectivity index (χ4n) is 1.71. The van der Waals surface area contributed by atoms with Gasteiger partial charge in [0.15, 0.2) is 17.5 Å². The summed E-state index contributed by atoms with van der Waals surface area (Å²) >= 11 is 0. The second kappa shape index (κ2) is 5.48. The smallest absolute Gasteiger partial charge is 0.252 e. The van der Waals surface area contributed by atoms with Crippen molar-refractivity contribution >= 4 is 5.82 Å². The predicted molar refractivity (Wildman–Crippen MR) is 64.8 cm³/mol. The molecule has 1 aromatic heterocycles. The van der Waals surface area contributed by atoms with Crippen molar-refractivity contribution in [3.05, 3.63) is 17.7 Å². The molecule has 6 heteroatoms. The molecule has 0 atom stereocenters. The summed E-state index contributed by atoms with van der Waals surface area (Å²) in [5.41, 5.74) is 0. The summed E-state index contributed by atoms with van der Waals surface area (Å²) < 4.78 is 31.8. The quantitative estimate of drug-likeness (QED) is 0.844. The van der Waals surface area contributed by atoms with Gasteiger partial charge < -0.3 is 15.0 Å². The van der Waals surface area contributed by atoms with Gasteiger partial charge in [-0.15, -0.1) is 0 Å². The Balaban J connectivity index is 1.91. The average molecular weight is 257 g/mol. The maximum absolute atomic E-state index is 13.4. The van der Waals surface area contributed by atoms with Gasteiger partial charge in [-0.25, -0.2) is 8.78 Å². The fraction of sp³-hybridized carbons (Fsp3) is 0.583. The molecular formula is C12H17F2N3O. The lowest BCUT2D eigenvalue weighted by Crippen LogP contribution is -2.26. The summed E-state index contributed by atoms with van der Waals surface area (Å²) in [6.45, 7) is 1.05. The Labute approximate surface area is 105 Å². The lowest BCUT2D eigenvalue weighted by atomic mass is 10.4. The van der Waals surface area contributed by atoms with Crippen LogP contribution >= 0.6 is 0 Å². The number of likely N-dealkylation sites (N-methyl/N-ethyl adjacent to an activating group) is 1. The lowest BCUT2D eigenvalue weighted by Gasteiger charge is -2.16. The molecule has 1 aromatic rings. The molecule has 100 valence electrons. The molecule has 0 amide bonds. The number of pyridine rings is 1. The lowest BCUT2D eigenvalue weighted by molar-refractivity contribution is 0.219. The second-order valence-corrected chi connectivity index (χ2v) is 4.42. The van der Waals surface area contributed by atoms with E-state index in [2.05, 4.69) is 15.2 Å². The predicted octanol–water partition coefficient (Wildman–Crippen LogP) is 1.87. The van der Waals surface area contributed by atoms with Crippen molar-refractivity contribution in [2.45, 2.75) is 18.9 Å². The summed E-state index contributed by atoms with van der Waals surface area (Å²) in [5, 5.41) is 2.55. The van der Waals surface area contributed by atoms with E-state index in [0.717, 1.165) is 6.07 Å². The largest absolute Gasteiger partial charge is 0.474 e. The van der Waals surface area contributed by atoms with E-state index in [-0.39, 0.29) is 11.7 Å². The molecule has 18 heavy (non-hydrogen) atoms. The first kappa shape index (κ1) is 13.0. The molecule has 1 aliphatic carbocycles. The van der Waals surface area contributed by atoms with E-state index in [1.54, 1.807) is 0 Å². The first-order valence-electron chi connectivity index (χ1n) is 5.98. The van der Waals surface area contributed by atoms with Crippen LogP contribution in [0.5, 0.6) is 5.88 Å². The third kappa shape index (κ3) is 3.07. The van der Waals surface area contributed by atoms with Gasteiger partial charge >= 0.3 is 0 Å². The van der Waals surface area contributed by atoms with Crippen molar-refractivity contribution < 1.29 is 13.5 Å². The topological polar surface area (TPSA) is 37.4 Å². The third-order valence-corrected chi connectivity index (χ3v) is 2.99. The van der Waals surface area contributed by atoms with Crippen LogP contribution < -0.4 is 10.1 Å². The van der Waals surface area contributed by atoms with Crippen LogP contribution in [0.4, 0.5) is 14.6 Å². The molecule has 1 N–H and O–H groups in total. The Bertz CT molecular complexity index is 424. The third-order valence-electron chi connectivity index (χ3n) is 2.99. The van der Waals surface area contributed by atoms with E-state index in [0.29, 0.717) is 19.2 Å². The zero-order valence-electron chi connectivity index (χ0n) is 10.5. The number of hydrogen-bond acceptors (Lipinski definition) is 4. The molecule has 1 aliphatic rings. The van der Waals surface area contributed by atoms with Gasteiger partial charge in [-0.05, 0) is 19.9 Å².